The lowest BCUT2D eigenvalue weighted by Gasteiger charge is -2.36. The van der Waals surface area contributed by atoms with Crippen LogP contribution in [-0.2, 0) is 6.42 Å². The molecule has 0 bridgehead atoms. The van der Waals surface area contributed by atoms with Gasteiger partial charge in [-0.1, -0.05) is 6.08 Å². The smallest absolute Gasteiger partial charge is 0.254 e. The first kappa shape index (κ1) is 21.7. The van der Waals surface area contributed by atoms with Gasteiger partial charge in [0.05, 0.1) is 18.8 Å². The van der Waals surface area contributed by atoms with Gasteiger partial charge >= 0.3 is 0 Å². The van der Waals surface area contributed by atoms with Crippen LogP contribution < -0.4 is 4.74 Å². The van der Waals surface area contributed by atoms with Crippen LogP contribution in [-0.4, -0.2) is 39.4 Å². The van der Waals surface area contributed by atoms with Crippen molar-refractivity contribution in [3.63, 3.8) is 0 Å². The van der Waals surface area contributed by atoms with Gasteiger partial charge in [-0.3, -0.25) is 9.78 Å². The number of hydrogen-bond acceptors (Lipinski definition) is 5. The Morgan fingerprint density at radius 1 is 1.25 bits per heavy atom. The molecule has 164 valence electrons. The first-order valence-electron chi connectivity index (χ1n) is 10.9. The summed E-state index contributed by atoms with van der Waals surface area (Å²) in [7, 11) is 1.64. The molecule has 32 heavy (non-hydrogen) atoms. The second kappa shape index (κ2) is 9.73. The van der Waals surface area contributed by atoms with Gasteiger partial charge in [-0.2, -0.15) is 0 Å². The predicted octanol–water partition coefficient (Wildman–Crippen LogP) is 4.95. The number of likely N-dealkylation sites (tertiary alicyclic amines) is 1. The van der Waals surface area contributed by atoms with Crippen LogP contribution >= 0.6 is 0 Å². The van der Waals surface area contributed by atoms with E-state index in [2.05, 4.69) is 16.5 Å². The number of carbonyl (C=O) groups excluding carboxylic acids is 1. The van der Waals surface area contributed by atoms with Crippen molar-refractivity contribution >= 4 is 5.91 Å². The number of aromatic nitrogens is 3. The molecule has 0 spiro atoms. The van der Waals surface area contributed by atoms with Crippen LogP contribution in [0.15, 0.2) is 61.6 Å². The van der Waals surface area contributed by atoms with Crippen molar-refractivity contribution in [1.29, 1.82) is 0 Å². The lowest BCUT2D eigenvalue weighted by atomic mass is 9.93. The number of carbonyl (C=O) groups is 1. The number of pyridine rings is 1. The molecule has 1 atom stereocenters. The molecule has 4 rings (SSSR count). The quantitative estimate of drug-likeness (QED) is 0.520. The second-order valence-electron chi connectivity index (χ2n) is 7.98. The number of hydrogen-bond donors (Lipinski definition) is 0. The molecule has 2 aromatic heterocycles. The number of aryl methyl sites for hydroxylation is 1. The van der Waals surface area contributed by atoms with Crippen LogP contribution in [0.5, 0.6) is 5.75 Å². The summed E-state index contributed by atoms with van der Waals surface area (Å²) in [4.78, 5) is 29.0. The lowest BCUT2D eigenvalue weighted by Crippen LogP contribution is -2.39. The third kappa shape index (κ3) is 4.40. The Bertz CT molecular complexity index is 1110. The van der Waals surface area contributed by atoms with Gasteiger partial charge in [-0.15, -0.1) is 6.58 Å². The molecular weight excluding hydrogens is 400 g/mol. The number of nitrogens with zero attached hydrogens (tertiary/aromatic N) is 4. The maximum absolute atomic E-state index is 13.7. The van der Waals surface area contributed by atoms with Gasteiger partial charge in [0.1, 0.15) is 11.6 Å². The standard InChI is InChI=1S/C26H28N4O2/c1-4-7-20-16-21(9-10-24(20)32-3)26(31)30-15-6-5-8-23(30)25-22(17-28-18(2)29-25)19-11-13-27-14-12-19/h4,9-14,16-17,23H,1,5-8,15H2,2-3H3/t23-/m1/s1. The highest BCUT2D eigenvalue weighted by atomic mass is 16.5. The number of methoxy groups -OCH3 is 1. The Morgan fingerprint density at radius 2 is 2.06 bits per heavy atom. The fraction of sp³-hybridized carbons (Fsp3) is 0.308. The number of benzene rings is 1. The van der Waals surface area contributed by atoms with Gasteiger partial charge in [0.25, 0.3) is 5.91 Å². The Morgan fingerprint density at radius 3 is 2.81 bits per heavy atom. The summed E-state index contributed by atoms with van der Waals surface area (Å²) in [6.07, 6.45) is 10.8. The normalized spacial score (nSPS) is 15.9. The Labute approximate surface area is 189 Å². The molecule has 6 nitrogen and oxygen atoms in total. The molecule has 3 heterocycles. The van der Waals surface area contributed by atoms with E-state index in [0.717, 1.165) is 47.4 Å². The molecule has 1 amide bonds. The molecule has 1 aliphatic heterocycles. The number of ether oxygens (including phenoxy) is 1. The molecule has 0 N–H and O–H groups in total. The Kier molecular flexibility index (Phi) is 6.59. The van der Waals surface area contributed by atoms with E-state index in [-0.39, 0.29) is 11.9 Å². The molecule has 1 aliphatic rings. The van der Waals surface area contributed by atoms with Crippen molar-refractivity contribution in [3.8, 4) is 16.9 Å². The van der Waals surface area contributed by atoms with E-state index in [0.29, 0.717) is 24.4 Å². The highest BCUT2D eigenvalue weighted by Gasteiger charge is 2.32. The zero-order chi connectivity index (χ0) is 22.5. The van der Waals surface area contributed by atoms with Crippen molar-refractivity contribution in [1.82, 2.24) is 19.9 Å². The summed E-state index contributed by atoms with van der Waals surface area (Å²) < 4.78 is 5.45. The van der Waals surface area contributed by atoms with Crippen molar-refractivity contribution in [2.75, 3.05) is 13.7 Å². The number of rotatable bonds is 6. The van der Waals surface area contributed by atoms with E-state index in [1.165, 1.54) is 0 Å². The molecule has 1 fully saturated rings. The van der Waals surface area contributed by atoms with Gasteiger partial charge in [-0.25, -0.2) is 9.97 Å². The number of allylic oxidation sites excluding steroid dienone is 1. The zero-order valence-electron chi connectivity index (χ0n) is 18.6. The first-order valence-corrected chi connectivity index (χ1v) is 10.9. The summed E-state index contributed by atoms with van der Waals surface area (Å²) in [6.45, 7) is 6.41. The number of amides is 1. The zero-order valence-corrected chi connectivity index (χ0v) is 18.6. The monoisotopic (exact) mass is 428 g/mol. The van der Waals surface area contributed by atoms with Gasteiger partial charge in [0.15, 0.2) is 0 Å². The second-order valence-corrected chi connectivity index (χ2v) is 7.98. The predicted molar refractivity (Wildman–Crippen MR) is 125 cm³/mol. The molecule has 1 aromatic carbocycles. The highest BCUT2D eigenvalue weighted by Crippen LogP contribution is 2.36. The topological polar surface area (TPSA) is 68.2 Å². The third-order valence-corrected chi connectivity index (χ3v) is 5.90. The summed E-state index contributed by atoms with van der Waals surface area (Å²) in [6, 6.07) is 9.43. The molecule has 0 saturated carbocycles. The van der Waals surface area contributed by atoms with Crippen molar-refractivity contribution in [2.24, 2.45) is 0 Å². The van der Waals surface area contributed by atoms with Crippen LogP contribution in [0.2, 0.25) is 0 Å². The highest BCUT2D eigenvalue weighted by molar-refractivity contribution is 5.95. The van der Waals surface area contributed by atoms with Crippen LogP contribution in [0.1, 0.15) is 52.7 Å². The van der Waals surface area contributed by atoms with Crippen LogP contribution in [0.4, 0.5) is 0 Å². The Hall–Kier alpha value is -3.54. The van der Waals surface area contributed by atoms with E-state index >= 15 is 0 Å². The molecule has 0 aliphatic carbocycles. The lowest BCUT2D eigenvalue weighted by molar-refractivity contribution is 0.0606. The minimum Gasteiger partial charge on any atom is -0.496 e. The fourth-order valence-electron chi connectivity index (χ4n) is 4.35. The average molecular weight is 429 g/mol. The van der Waals surface area contributed by atoms with Crippen molar-refractivity contribution in [3.05, 3.63) is 84.2 Å². The van der Waals surface area contributed by atoms with Gasteiger partial charge < -0.3 is 9.64 Å². The van der Waals surface area contributed by atoms with Gasteiger partial charge in [-0.05, 0) is 74.1 Å². The molecule has 6 heteroatoms. The number of piperidine rings is 1. The van der Waals surface area contributed by atoms with Crippen molar-refractivity contribution < 1.29 is 9.53 Å². The maximum Gasteiger partial charge on any atom is 0.254 e. The minimum atomic E-state index is -0.105. The summed E-state index contributed by atoms with van der Waals surface area (Å²) in [5.41, 5.74) is 4.47. The minimum absolute atomic E-state index is 0.0135. The largest absolute Gasteiger partial charge is 0.496 e. The van der Waals surface area contributed by atoms with Crippen molar-refractivity contribution in [2.45, 2.75) is 38.6 Å². The van der Waals surface area contributed by atoms with E-state index in [1.54, 1.807) is 19.5 Å². The molecule has 3 aromatic rings. The summed E-state index contributed by atoms with van der Waals surface area (Å²) >= 11 is 0. The SMILES string of the molecule is C=CCc1cc(C(=O)N2CCCC[C@@H]2c2nc(C)ncc2-c2ccncc2)ccc1OC. The molecule has 0 unspecified atom stereocenters. The van der Waals surface area contributed by atoms with E-state index in [4.69, 9.17) is 9.72 Å². The molecule has 1 saturated heterocycles. The van der Waals surface area contributed by atoms with Crippen LogP contribution in [0.25, 0.3) is 11.1 Å². The molecular formula is C26H28N4O2. The third-order valence-electron chi connectivity index (χ3n) is 5.90. The fourth-order valence-corrected chi connectivity index (χ4v) is 4.35. The van der Waals surface area contributed by atoms with E-state index in [9.17, 15) is 4.79 Å². The van der Waals surface area contributed by atoms with Gasteiger partial charge in [0.2, 0.25) is 0 Å². The summed E-state index contributed by atoms with van der Waals surface area (Å²) in [5.74, 6) is 1.48. The van der Waals surface area contributed by atoms with Gasteiger partial charge in [0, 0.05) is 36.3 Å². The molecule has 0 radical (unpaired) electrons. The van der Waals surface area contributed by atoms with Crippen LogP contribution in [0, 0.1) is 6.92 Å². The first-order chi connectivity index (χ1) is 15.6. The summed E-state index contributed by atoms with van der Waals surface area (Å²) in [5, 5.41) is 0. The Balaban J connectivity index is 1.73. The average Bonchev–Trinajstić information content (AvgIpc) is 2.84. The maximum atomic E-state index is 13.7. The van der Waals surface area contributed by atoms with Crippen LogP contribution in [0.3, 0.4) is 0 Å². The van der Waals surface area contributed by atoms with E-state index in [1.807, 2.05) is 54.4 Å². The van der Waals surface area contributed by atoms with E-state index < -0.39 is 0 Å².